The number of rotatable bonds is 8. The number of hydrogen-bond donors (Lipinski definition) is 3. The molecule has 0 saturated carbocycles. The first-order chi connectivity index (χ1) is 18.2. The molecule has 3 aromatic rings. The van der Waals surface area contributed by atoms with Gasteiger partial charge in [0.1, 0.15) is 0 Å². The van der Waals surface area contributed by atoms with Crippen molar-refractivity contribution < 1.29 is 29.2 Å². The third-order valence-corrected chi connectivity index (χ3v) is 5.92. The molecule has 1 aromatic heterocycles. The minimum Gasteiger partial charge on any atom is -0.493 e. The highest BCUT2D eigenvalue weighted by Gasteiger charge is 2.39. The van der Waals surface area contributed by atoms with Gasteiger partial charge in [0.25, 0.3) is 11.6 Å². The minimum atomic E-state index is -1.05. The Labute approximate surface area is 216 Å². The van der Waals surface area contributed by atoms with Crippen molar-refractivity contribution in [3.05, 3.63) is 75.5 Å². The fourth-order valence-corrected chi connectivity index (χ4v) is 4.22. The van der Waals surface area contributed by atoms with Gasteiger partial charge in [-0.3, -0.25) is 14.9 Å². The van der Waals surface area contributed by atoms with Crippen LogP contribution < -0.4 is 5.32 Å². The number of nitrogens with zero attached hydrogens (tertiary/aromatic N) is 4. The normalized spacial score (nSPS) is 15.7. The smallest absolute Gasteiger partial charge is 0.338 e. The van der Waals surface area contributed by atoms with Gasteiger partial charge < -0.3 is 25.0 Å². The third-order valence-electron chi connectivity index (χ3n) is 5.92. The summed E-state index contributed by atoms with van der Waals surface area (Å²) in [6.07, 6.45) is -0.277. The summed E-state index contributed by atoms with van der Waals surface area (Å²) in [6, 6.07) is 10.9. The summed E-state index contributed by atoms with van der Waals surface area (Å²) < 4.78 is 5.18. The average Bonchev–Trinajstić information content (AvgIpc) is 3.21. The molecule has 2 heterocycles. The van der Waals surface area contributed by atoms with E-state index in [9.17, 15) is 29.6 Å². The van der Waals surface area contributed by atoms with E-state index in [4.69, 9.17) is 4.74 Å². The molecular formula is C25H24N6O7. The Hall–Kier alpha value is -5.07. The molecule has 38 heavy (non-hydrogen) atoms. The van der Waals surface area contributed by atoms with Crippen LogP contribution in [0, 0.1) is 10.1 Å². The highest BCUT2D eigenvalue weighted by molar-refractivity contribution is 5.96. The number of esters is 1. The molecule has 0 spiro atoms. The summed E-state index contributed by atoms with van der Waals surface area (Å²) in [7, 11) is 0. The van der Waals surface area contributed by atoms with Gasteiger partial charge in [0.15, 0.2) is 5.69 Å². The molecule has 196 valence electrons. The molecule has 3 amide bonds. The third kappa shape index (κ3) is 5.21. The number of ether oxygens (including phenoxy) is 1. The molecule has 4 rings (SSSR count). The Kier molecular flexibility index (Phi) is 7.46. The summed E-state index contributed by atoms with van der Waals surface area (Å²) in [5.74, 6) is -1.64. The van der Waals surface area contributed by atoms with Crippen LogP contribution >= 0.6 is 0 Å². The minimum absolute atomic E-state index is 0.0742. The number of hydrogen-bond acceptors (Lipinski definition) is 8. The molecule has 0 saturated heterocycles. The number of benzene rings is 2. The van der Waals surface area contributed by atoms with Crippen molar-refractivity contribution in [2.45, 2.75) is 26.3 Å². The summed E-state index contributed by atoms with van der Waals surface area (Å²) >= 11 is 0. The van der Waals surface area contributed by atoms with Gasteiger partial charge >= 0.3 is 12.0 Å². The first-order valence-corrected chi connectivity index (χ1v) is 11.6. The maximum atomic E-state index is 13.0. The molecule has 1 unspecified atom stereocenters. The number of carbonyl (C=O) groups is 3. The molecule has 0 radical (unpaired) electrons. The molecule has 0 bridgehead atoms. The lowest BCUT2D eigenvalue weighted by Gasteiger charge is -2.37. The van der Waals surface area contributed by atoms with Gasteiger partial charge in [-0.15, -0.1) is 10.2 Å². The van der Waals surface area contributed by atoms with Crippen LogP contribution in [-0.4, -0.2) is 51.0 Å². The van der Waals surface area contributed by atoms with E-state index in [-0.39, 0.29) is 48.1 Å². The summed E-state index contributed by atoms with van der Waals surface area (Å²) in [5.41, 5.74) is 1.12. The Balaban J connectivity index is 1.62. The molecule has 2 aromatic carbocycles. The van der Waals surface area contributed by atoms with Gasteiger partial charge in [0, 0.05) is 36.2 Å². The van der Waals surface area contributed by atoms with Crippen molar-refractivity contribution in [2.75, 3.05) is 13.2 Å². The topological polar surface area (TPSA) is 180 Å². The van der Waals surface area contributed by atoms with Crippen LogP contribution in [0.1, 0.15) is 31.9 Å². The van der Waals surface area contributed by atoms with Gasteiger partial charge in [-0.2, -0.15) is 0 Å². The van der Waals surface area contributed by atoms with Gasteiger partial charge in [-0.1, -0.05) is 30.3 Å². The Morgan fingerprint density at radius 2 is 1.97 bits per heavy atom. The second kappa shape index (κ2) is 10.9. The van der Waals surface area contributed by atoms with Crippen molar-refractivity contribution in [2.24, 2.45) is 10.2 Å². The Bertz CT molecular complexity index is 1490. The molecular weight excluding hydrogens is 496 g/mol. The van der Waals surface area contributed by atoms with Crippen molar-refractivity contribution in [3.63, 3.8) is 0 Å². The number of nitrogens with one attached hydrogen (secondary N) is 2. The van der Waals surface area contributed by atoms with Crippen molar-refractivity contribution >= 4 is 40.2 Å². The van der Waals surface area contributed by atoms with Crippen LogP contribution in [0.25, 0.3) is 10.9 Å². The van der Waals surface area contributed by atoms with E-state index in [1.165, 1.54) is 30.0 Å². The predicted octanol–water partition coefficient (Wildman–Crippen LogP) is 4.39. The van der Waals surface area contributed by atoms with Crippen LogP contribution in [0.4, 0.5) is 16.2 Å². The van der Waals surface area contributed by atoms with Crippen LogP contribution in [0.3, 0.4) is 0 Å². The van der Waals surface area contributed by atoms with E-state index in [2.05, 4.69) is 20.5 Å². The summed E-state index contributed by atoms with van der Waals surface area (Å²) in [4.78, 5) is 53.2. The maximum absolute atomic E-state index is 13.0. The number of aromatic hydroxyl groups is 1. The van der Waals surface area contributed by atoms with Gasteiger partial charge in [-0.05, 0) is 25.5 Å². The zero-order valence-electron chi connectivity index (χ0n) is 20.5. The van der Waals surface area contributed by atoms with Gasteiger partial charge in [0.2, 0.25) is 5.88 Å². The van der Waals surface area contributed by atoms with E-state index in [0.717, 1.165) is 0 Å². The number of amides is 3. The second-order valence-electron chi connectivity index (χ2n) is 8.35. The fourth-order valence-electron chi connectivity index (χ4n) is 4.22. The quantitative estimate of drug-likeness (QED) is 0.170. The number of H-pyrrole nitrogens is 1. The largest absolute Gasteiger partial charge is 0.493 e. The van der Waals surface area contributed by atoms with Gasteiger partial charge in [-0.25, -0.2) is 9.59 Å². The van der Waals surface area contributed by atoms with Crippen LogP contribution in [0.5, 0.6) is 5.88 Å². The lowest BCUT2D eigenvalue weighted by atomic mass is 9.93. The zero-order chi connectivity index (χ0) is 27.4. The number of non-ortho nitro benzene ring substituents is 1. The lowest BCUT2D eigenvalue weighted by Crippen LogP contribution is -2.49. The standard InChI is InChI=1S/C25H24N6O7/c1-3-38-24(34)20-14(2)26-25(35)30(22(20)15-7-6-8-16(13-15)31(36)37)12-11-19(32)28-29-21-17-9-4-5-10-18(17)27-23(21)33/h4-10,13,22,27,33H,3,11-12H2,1-2H3,(H,26,35). The average molecular weight is 521 g/mol. The Morgan fingerprint density at radius 3 is 2.71 bits per heavy atom. The Morgan fingerprint density at radius 1 is 1.21 bits per heavy atom. The van der Waals surface area contributed by atoms with Crippen LogP contribution in [0.15, 0.2) is 70.0 Å². The lowest BCUT2D eigenvalue weighted by molar-refractivity contribution is -0.384. The van der Waals surface area contributed by atoms with E-state index in [0.29, 0.717) is 16.5 Å². The zero-order valence-corrected chi connectivity index (χ0v) is 20.5. The predicted molar refractivity (Wildman–Crippen MR) is 135 cm³/mol. The maximum Gasteiger partial charge on any atom is 0.338 e. The number of fused-ring (bicyclic) bond motifs is 1. The molecule has 13 nitrogen and oxygen atoms in total. The number of azo groups is 1. The molecule has 0 aliphatic carbocycles. The van der Waals surface area contributed by atoms with E-state index in [1.54, 1.807) is 37.3 Å². The number of carbonyl (C=O) groups excluding carboxylic acids is 3. The molecule has 1 atom stereocenters. The first-order valence-electron chi connectivity index (χ1n) is 11.6. The van der Waals surface area contributed by atoms with E-state index in [1.807, 2.05) is 0 Å². The highest BCUT2D eigenvalue weighted by Crippen LogP contribution is 2.37. The number of para-hydroxylation sites is 1. The number of aromatic nitrogens is 1. The molecule has 1 aliphatic rings. The molecule has 3 N–H and O–H groups in total. The van der Waals surface area contributed by atoms with Crippen molar-refractivity contribution in [3.8, 4) is 5.88 Å². The summed E-state index contributed by atoms with van der Waals surface area (Å²) in [6.45, 7) is 3.04. The van der Waals surface area contributed by atoms with Crippen molar-refractivity contribution in [1.29, 1.82) is 0 Å². The number of nitro benzene ring substituents is 1. The number of urea groups is 1. The number of aromatic amines is 1. The molecule has 0 fully saturated rings. The summed E-state index contributed by atoms with van der Waals surface area (Å²) in [5, 5.41) is 32.2. The number of allylic oxidation sites excluding steroid dienone is 1. The van der Waals surface area contributed by atoms with Crippen LogP contribution in [0.2, 0.25) is 0 Å². The van der Waals surface area contributed by atoms with Gasteiger partial charge in [0.05, 0.1) is 28.7 Å². The number of nitro groups is 1. The van der Waals surface area contributed by atoms with E-state index < -0.39 is 28.9 Å². The monoisotopic (exact) mass is 520 g/mol. The van der Waals surface area contributed by atoms with Crippen LogP contribution in [-0.2, 0) is 14.3 Å². The SMILES string of the molecule is CCOC(=O)C1=C(C)NC(=O)N(CCC(=O)N=Nc2c(O)[nH]c3ccccc23)C1c1cccc([N+](=O)[O-])c1. The highest BCUT2D eigenvalue weighted by atomic mass is 16.6. The molecule has 1 aliphatic heterocycles. The second-order valence-corrected chi connectivity index (χ2v) is 8.35. The first kappa shape index (κ1) is 26.0. The molecule has 13 heteroatoms. The fraction of sp³-hybridized carbons (Fsp3) is 0.240. The van der Waals surface area contributed by atoms with E-state index >= 15 is 0 Å². The van der Waals surface area contributed by atoms with Crippen molar-refractivity contribution in [1.82, 2.24) is 15.2 Å².